The molecule has 3 aromatic rings. The van der Waals surface area contributed by atoms with Gasteiger partial charge in [0.25, 0.3) is 0 Å². The van der Waals surface area contributed by atoms with Crippen LogP contribution in [0.3, 0.4) is 0 Å². The maximum atomic E-state index is 13.2. The largest absolute Gasteiger partial charge is 0.381 e. The molecule has 6 heteroatoms. The van der Waals surface area contributed by atoms with Crippen molar-refractivity contribution in [1.82, 2.24) is 15.0 Å². The molecule has 0 radical (unpaired) electrons. The van der Waals surface area contributed by atoms with Gasteiger partial charge in [-0.3, -0.25) is 4.98 Å². The smallest absolute Gasteiger partial charge is 0.161 e. The third kappa shape index (κ3) is 2.77. The van der Waals surface area contributed by atoms with Crippen molar-refractivity contribution < 1.29 is 9.50 Å². The predicted molar refractivity (Wildman–Crippen MR) is 99.8 cm³/mol. The number of fused-ring (bicyclic) bond motifs is 1. The summed E-state index contributed by atoms with van der Waals surface area (Å²) < 4.78 is 13.2. The average molecular weight is 362 g/mol. The monoisotopic (exact) mass is 362 g/mol. The fourth-order valence-corrected chi connectivity index (χ4v) is 3.98. The number of pyridine rings is 1. The molecule has 5 nitrogen and oxygen atoms in total. The number of nitrogens with zero attached hydrogens (tertiary/aromatic N) is 4. The third-order valence-corrected chi connectivity index (χ3v) is 5.44. The van der Waals surface area contributed by atoms with Crippen molar-refractivity contribution >= 4 is 5.82 Å². The van der Waals surface area contributed by atoms with E-state index in [2.05, 4.69) is 9.88 Å². The zero-order valence-electron chi connectivity index (χ0n) is 14.8. The number of halogens is 1. The first-order chi connectivity index (χ1) is 13.1. The summed E-state index contributed by atoms with van der Waals surface area (Å²) >= 11 is 0. The maximum absolute atomic E-state index is 13.2. The number of aromatic nitrogens is 3. The van der Waals surface area contributed by atoms with Crippen LogP contribution in [0.4, 0.5) is 10.2 Å². The van der Waals surface area contributed by atoms with Crippen LogP contribution in [-0.4, -0.2) is 33.1 Å². The molecule has 1 fully saturated rings. The minimum atomic E-state index is -0.971. The molecule has 0 saturated carbocycles. The lowest BCUT2D eigenvalue weighted by molar-refractivity contribution is 0.00691. The van der Waals surface area contributed by atoms with Crippen LogP contribution in [0.1, 0.15) is 23.2 Å². The number of hydrogen-bond donors (Lipinski definition) is 1. The molecule has 0 bridgehead atoms. The Morgan fingerprint density at radius 3 is 2.44 bits per heavy atom. The van der Waals surface area contributed by atoms with Crippen molar-refractivity contribution in [3.63, 3.8) is 0 Å². The predicted octanol–water partition coefficient (Wildman–Crippen LogP) is 2.87. The van der Waals surface area contributed by atoms with E-state index < -0.39 is 5.60 Å². The van der Waals surface area contributed by atoms with Crippen LogP contribution in [0.5, 0.6) is 0 Å². The van der Waals surface area contributed by atoms with Gasteiger partial charge in [-0.1, -0.05) is 12.1 Å². The SMILES string of the molecule is OC1(c2ccc(F)cc2)CN(c2nc(-c3ccncc3)nc3c2CCC3)C1. The summed E-state index contributed by atoms with van der Waals surface area (Å²) in [5, 5.41) is 10.9. The summed E-state index contributed by atoms with van der Waals surface area (Å²) in [5.41, 5.74) is 2.99. The van der Waals surface area contributed by atoms with Gasteiger partial charge in [0.15, 0.2) is 5.82 Å². The Labute approximate surface area is 156 Å². The van der Waals surface area contributed by atoms with Crippen LogP contribution in [0.15, 0.2) is 48.8 Å². The van der Waals surface area contributed by atoms with Gasteiger partial charge in [0.05, 0.1) is 13.1 Å². The molecule has 0 amide bonds. The van der Waals surface area contributed by atoms with Crippen molar-refractivity contribution in [2.24, 2.45) is 0 Å². The summed E-state index contributed by atoms with van der Waals surface area (Å²) in [4.78, 5) is 15.7. The van der Waals surface area contributed by atoms with E-state index in [0.29, 0.717) is 18.9 Å². The van der Waals surface area contributed by atoms with Gasteiger partial charge in [-0.25, -0.2) is 14.4 Å². The molecule has 5 rings (SSSR count). The van der Waals surface area contributed by atoms with Gasteiger partial charge >= 0.3 is 0 Å². The maximum Gasteiger partial charge on any atom is 0.161 e. The second-order valence-electron chi connectivity index (χ2n) is 7.28. The molecule has 3 heterocycles. The van der Waals surface area contributed by atoms with E-state index >= 15 is 0 Å². The molecule has 2 aromatic heterocycles. The number of hydrogen-bond acceptors (Lipinski definition) is 5. The second kappa shape index (κ2) is 6.09. The quantitative estimate of drug-likeness (QED) is 0.776. The zero-order valence-corrected chi connectivity index (χ0v) is 14.8. The Kier molecular flexibility index (Phi) is 3.68. The van der Waals surface area contributed by atoms with Crippen LogP contribution >= 0.6 is 0 Å². The summed E-state index contributed by atoms with van der Waals surface area (Å²) in [6.07, 6.45) is 6.48. The van der Waals surface area contributed by atoms with Crippen molar-refractivity contribution in [1.29, 1.82) is 0 Å². The number of β-amino-alcohol motifs (C(OH)–C–C–N with tert-alkyl or cyclic N) is 1. The van der Waals surface area contributed by atoms with Gasteiger partial charge < -0.3 is 10.0 Å². The van der Waals surface area contributed by atoms with Crippen molar-refractivity contribution in [2.45, 2.75) is 24.9 Å². The van der Waals surface area contributed by atoms with Crippen LogP contribution < -0.4 is 4.90 Å². The first-order valence-corrected chi connectivity index (χ1v) is 9.16. The molecule has 27 heavy (non-hydrogen) atoms. The molecular formula is C21H19FN4O. The summed E-state index contributed by atoms with van der Waals surface area (Å²) in [7, 11) is 0. The lowest BCUT2D eigenvalue weighted by atomic mass is 9.86. The fraction of sp³-hybridized carbons (Fsp3) is 0.286. The Morgan fingerprint density at radius 1 is 0.963 bits per heavy atom. The Hall–Kier alpha value is -2.86. The van der Waals surface area contributed by atoms with Crippen LogP contribution in [-0.2, 0) is 18.4 Å². The third-order valence-electron chi connectivity index (χ3n) is 5.44. The van der Waals surface area contributed by atoms with Crippen LogP contribution in [0.2, 0.25) is 0 Å². The van der Waals surface area contributed by atoms with Crippen molar-refractivity contribution in [2.75, 3.05) is 18.0 Å². The van der Waals surface area contributed by atoms with Crippen molar-refractivity contribution in [3.8, 4) is 11.4 Å². The van der Waals surface area contributed by atoms with E-state index in [1.807, 2.05) is 12.1 Å². The Bertz CT molecular complexity index is 985. The highest BCUT2D eigenvalue weighted by atomic mass is 19.1. The van der Waals surface area contributed by atoms with E-state index in [1.54, 1.807) is 24.5 Å². The molecule has 2 aliphatic rings. The van der Waals surface area contributed by atoms with Gasteiger partial charge in [-0.05, 0) is 49.1 Å². The van der Waals surface area contributed by atoms with Gasteiger partial charge in [0.2, 0.25) is 0 Å². The van der Waals surface area contributed by atoms with E-state index in [1.165, 1.54) is 17.7 Å². The standard InChI is InChI=1S/C21H19FN4O/c22-16-6-4-15(5-7-16)21(27)12-26(13-21)20-17-2-1-3-18(17)24-19(25-20)14-8-10-23-11-9-14/h4-11,27H,1-3,12-13H2. The highest BCUT2D eigenvalue weighted by Gasteiger charge is 2.44. The Morgan fingerprint density at radius 2 is 1.70 bits per heavy atom. The number of rotatable bonds is 3. The van der Waals surface area contributed by atoms with Gasteiger partial charge in [-0.15, -0.1) is 0 Å². The summed E-state index contributed by atoms with van der Waals surface area (Å²) in [6.45, 7) is 0.885. The number of anilines is 1. The molecule has 0 atom stereocenters. The first-order valence-electron chi connectivity index (χ1n) is 9.16. The summed E-state index contributed by atoms with van der Waals surface area (Å²) in [5.74, 6) is 1.32. The summed E-state index contributed by atoms with van der Waals surface area (Å²) in [6, 6.07) is 9.90. The highest BCUT2D eigenvalue weighted by Crippen LogP contribution is 2.39. The number of benzene rings is 1. The lowest BCUT2D eigenvalue weighted by Crippen LogP contribution is -2.60. The van der Waals surface area contributed by atoms with Gasteiger partial charge in [0.1, 0.15) is 17.2 Å². The Balaban J connectivity index is 1.47. The molecule has 0 unspecified atom stereocenters. The second-order valence-corrected chi connectivity index (χ2v) is 7.28. The first kappa shape index (κ1) is 16.3. The average Bonchev–Trinajstić information content (AvgIpc) is 3.15. The number of aryl methyl sites for hydroxylation is 1. The van der Waals surface area contributed by atoms with Crippen molar-refractivity contribution in [3.05, 3.63) is 71.4 Å². The number of aliphatic hydroxyl groups is 1. The molecule has 0 spiro atoms. The fourth-order valence-electron chi connectivity index (χ4n) is 3.98. The minimum absolute atomic E-state index is 0.297. The van der Waals surface area contributed by atoms with Gasteiger partial charge in [0, 0.05) is 29.2 Å². The van der Waals surface area contributed by atoms with E-state index in [0.717, 1.165) is 41.9 Å². The molecule has 136 valence electrons. The van der Waals surface area contributed by atoms with Crippen LogP contribution in [0, 0.1) is 5.82 Å². The molecular weight excluding hydrogens is 343 g/mol. The molecule has 1 aromatic carbocycles. The highest BCUT2D eigenvalue weighted by molar-refractivity contribution is 5.62. The van der Waals surface area contributed by atoms with E-state index in [-0.39, 0.29) is 5.82 Å². The minimum Gasteiger partial charge on any atom is -0.381 e. The molecule has 1 N–H and O–H groups in total. The lowest BCUT2D eigenvalue weighted by Gasteiger charge is -2.48. The molecule has 1 aliphatic heterocycles. The molecule has 1 aliphatic carbocycles. The topological polar surface area (TPSA) is 62.1 Å². The zero-order chi connectivity index (χ0) is 18.4. The van der Waals surface area contributed by atoms with E-state index in [9.17, 15) is 9.50 Å². The molecule has 1 saturated heterocycles. The van der Waals surface area contributed by atoms with Gasteiger partial charge in [-0.2, -0.15) is 0 Å². The normalized spacial score (nSPS) is 17.5. The van der Waals surface area contributed by atoms with Crippen LogP contribution in [0.25, 0.3) is 11.4 Å². The van der Waals surface area contributed by atoms with E-state index in [4.69, 9.17) is 9.97 Å².